The summed E-state index contributed by atoms with van der Waals surface area (Å²) < 4.78 is 0. The summed E-state index contributed by atoms with van der Waals surface area (Å²) in [4.78, 5) is 21.5. The molecule has 0 radical (unpaired) electrons. The quantitative estimate of drug-likeness (QED) is 0.940. The molecule has 1 N–H and O–H groups in total. The zero-order valence-corrected chi connectivity index (χ0v) is 11.6. The van der Waals surface area contributed by atoms with Crippen molar-refractivity contribution in [2.45, 2.75) is 19.4 Å². The Morgan fingerprint density at radius 1 is 1.24 bits per heavy atom. The Kier molecular flexibility index (Phi) is 3.64. The second-order valence-corrected chi connectivity index (χ2v) is 4.91. The van der Waals surface area contributed by atoms with Gasteiger partial charge in [-0.15, -0.1) is 0 Å². The molecule has 2 heterocycles. The number of benzene rings is 1. The molecule has 1 aliphatic rings. The molecule has 0 saturated heterocycles. The van der Waals surface area contributed by atoms with Gasteiger partial charge in [0.15, 0.2) is 0 Å². The molecule has 5 heteroatoms. The largest absolute Gasteiger partial charge is 0.382 e. The fraction of sp³-hybridized carbons (Fsp3) is 0.188. The van der Waals surface area contributed by atoms with Crippen LogP contribution < -0.4 is 5.32 Å². The molecule has 1 atom stereocenters. The number of nitrogens with one attached hydrogen (secondary N) is 1. The lowest BCUT2D eigenvalue weighted by Gasteiger charge is -2.08. The van der Waals surface area contributed by atoms with Crippen LogP contribution in [-0.2, 0) is 9.63 Å². The van der Waals surface area contributed by atoms with Gasteiger partial charge < -0.3 is 10.2 Å². The molecule has 21 heavy (non-hydrogen) atoms. The highest BCUT2D eigenvalue weighted by molar-refractivity contribution is 6.05. The lowest BCUT2D eigenvalue weighted by molar-refractivity contribution is -0.125. The highest BCUT2D eigenvalue weighted by Gasteiger charge is 2.28. The average molecular weight is 281 g/mol. The Labute approximate surface area is 122 Å². The van der Waals surface area contributed by atoms with Gasteiger partial charge in [0.05, 0.1) is 5.71 Å². The van der Waals surface area contributed by atoms with E-state index in [9.17, 15) is 4.79 Å². The zero-order chi connectivity index (χ0) is 14.7. The number of anilines is 1. The summed E-state index contributed by atoms with van der Waals surface area (Å²) >= 11 is 0. The van der Waals surface area contributed by atoms with Crippen LogP contribution in [0.2, 0.25) is 0 Å². The third-order valence-electron chi connectivity index (χ3n) is 3.23. The van der Waals surface area contributed by atoms with Crippen LogP contribution in [0.1, 0.15) is 17.5 Å². The van der Waals surface area contributed by atoms with Crippen molar-refractivity contribution in [2.24, 2.45) is 5.16 Å². The standard InChI is InChI=1S/C16H15N3O2/c1-11-7-8-15(17-10-11)18-16(20)14-9-13(19-21-14)12-5-3-2-4-6-12/h2-8,10,14H,9H2,1H3,(H,17,18,20)/t14-/m0/s1. The normalized spacial score (nSPS) is 17.0. The van der Waals surface area contributed by atoms with E-state index in [-0.39, 0.29) is 5.91 Å². The molecule has 1 amide bonds. The SMILES string of the molecule is Cc1ccc(NC(=O)[C@@H]2CC(c3ccccc3)=NO2)nc1. The second-order valence-electron chi connectivity index (χ2n) is 4.91. The summed E-state index contributed by atoms with van der Waals surface area (Å²) in [6.07, 6.45) is 1.56. The lowest BCUT2D eigenvalue weighted by atomic mass is 10.0. The molecule has 0 bridgehead atoms. The molecule has 1 aromatic carbocycles. The number of oxime groups is 1. The number of nitrogens with zero attached hydrogens (tertiary/aromatic N) is 2. The Hall–Kier alpha value is -2.69. The number of carbonyl (C=O) groups is 1. The fourth-order valence-corrected chi connectivity index (χ4v) is 2.07. The number of aryl methyl sites for hydroxylation is 1. The number of pyridine rings is 1. The summed E-state index contributed by atoms with van der Waals surface area (Å²) in [5.74, 6) is 0.281. The Balaban J connectivity index is 1.62. The van der Waals surface area contributed by atoms with Crippen LogP contribution in [0.15, 0.2) is 53.8 Å². The molecule has 5 nitrogen and oxygen atoms in total. The van der Waals surface area contributed by atoms with E-state index in [1.165, 1.54) is 0 Å². The van der Waals surface area contributed by atoms with Crippen molar-refractivity contribution in [3.63, 3.8) is 0 Å². The first kappa shape index (κ1) is 13.3. The number of hydrogen-bond acceptors (Lipinski definition) is 4. The highest BCUT2D eigenvalue weighted by atomic mass is 16.6. The van der Waals surface area contributed by atoms with Crippen LogP contribution in [0.4, 0.5) is 5.82 Å². The zero-order valence-electron chi connectivity index (χ0n) is 11.6. The summed E-state index contributed by atoms with van der Waals surface area (Å²) in [5.41, 5.74) is 2.80. The van der Waals surface area contributed by atoms with Crippen molar-refractivity contribution in [1.29, 1.82) is 0 Å². The van der Waals surface area contributed by atoms with Crippen molar-refractivity contribution >= 4 is 17.4 Å². The maximum absolute atomic E-state index is 12.1. The summed E-state index contributed by atoms with van der Waals surface area (Å²) in [7, 11) is 0. The van der Waals surface area contributed by atoms with Crippen molar-refractivity contribution in [2.75, 3.05) is 5.32 Å². The van der Waals surface area contributed by atoms with E-state index in [4.69, 9.17) is 4.84 Å². The van der Waals surface area contributed by atoms with Crippen LogP contribution in [0, 0.1) is 6.92 Å². The van der Waals surface area contributed by atoms with Crippen LogP contribution in [0.25, 0.3) is 0 Å². The first-order valence-corrected chi connectivity index (χ1v) is 6.74. The van der Waals surface area contributed by atoms with Crippen LogP contribution in [-0.4, -0.2) is 22.7 Å². The molecule has 0 unspecified atom stereocenters. The van der Waals surface area contributed by atoms with Crippen molar-refractivity contribution in [1.82, 2.24) is 4.98 Å². The molecule has 2 aromatic rings. The van der Waals surface area contributed by atoms with Gasteiger partial charge in [-0.05, 0) is 24.1 Å². The van der Waals surface area contributed by atoms with E-state index in [0.29, 0.717) is 12.2 Å². The molecule has 1 aromatic heterocycles. The van der Waals surface area contributed by atoms with E-state index < -0.39 is 6.10 Å². The van der Waals surface area contributed by atoms with E-state index >= 15 is 0 Å². The van der Waals surface area contributed by atoms with Gasteiger partial charge >= 0.3 is 0 Å². The third kappa shape index (κ3) is 3.08. The molecule has 0 saturated carbocycles. The first-order chi connectivity index (χ1) is 10.2. The molecule has 1 aliphatic heterocycles. The Morgan fingerprint density at radius 3 is 2.76 bits per heavy atom. The number of rotatable bonds is 3. The first-order valence-electron chi connectivity index (χ1n) is 6.74. The van der Waals surface area contributed by atoms with Gasteiger partial charge in [0.25, 0.3) is 5.91 Å². The molecular formula is C16H15N3O2. The Bertz CT molecular complexity index is 666. The van der Waals surface area contributed by atoms with Gasteiger partial charge in [0, 0.05) is 12.6 Å². The van der Waals surface area contributed by atoms with Gasteiger partial charge in [-0.3, -0.25) is 4.79 Å². The minimum Gasteiger partial charge on any atom is -0.382 e. The van der Waals surface area contributed by atoms with Crippen molar-refractivity contribution < 1.29 is 9.63 Å². The van der Waals surface area contributed by atoms with E-state index in [1.807, 2.05) is 43.3 Å². The van der Waals surface area contributed by atoms with Gasteiger partial charge in [0.2, 0.25) is 6.10 Å². The molecule has 3 rings (SSSR count). The molecule has 0 fully saturated rings. The topological polar surface area (TPSA) is 63.6 Å². The van der Waals surface area contributed by atoms with Gasteiger partial charge in [-0.1, -0.05) is 41.6 Å². The van der Waals surface area contributed by atoms with Gasteiger partial charge in [-0.25, -0.2) is 4.98 Å². The van der Waals surface area contributed by atoms with Crippen molar-refractivity contribution in [3.05, 3.63) is 59.8 Å². The van der Waals surface area contributed by atoms with Gasteiger partial charge in [0.1, 0.15) is 5.82 Å². The smallest absolute Gasteiger partial charge is 0.269 e. The third-order valence-corrected chi connectivity index (χ3v) is 3.23. The molecule has 0 spiro atoms. The summed E-state index contributed by atoms with van der Waals surface area (Å²) in [5, 5.41) is 6.73. The molecule has 106 valence electrons. The van der Waals surface area contributed by atoms with E-state index in [1.54, 1.807) is 12.3 Å². The van der Waals surface area contributed by atoms with Crippen molar-refractivity contribution in [3.8, 4) is 0 Å². The number of carbonyl (C=O) groups excluding carboxylic acids is 1. The van der Waals surface area contributed by atoms with E-state index in [2.05, 4.69) is 15.5 Å². The Morgan fingerprint density at radius 2 is 2.05 bits per heavy atom. The minimum absolute atomic E-state index is 0.235. The van der Waals surface area contributed by atoms with Crippen LogP contribution in [0.5, 0.6) is 0 Å². The second kappa shape index (κ2) is 5.75. The number of hydrogen-bond donors (Lipinski definition) is 1. The van der Waals surface area contributed by atoms with E-state index in [0.717, 1.165) is 16.8 Å². The minimum atomic E-state index is -0.608. The number of aromatic nitrogens is 1. The maximum atomic E-state index is 12.1. The predicted molar refractivity (Wildman–Crippen MR) is 80.1 cm³/mol. The average Bonchev–Trinajstić information content (AvgIpc) is 3.00. The molecule has 0 aliphatic carbocycles. The predicted octanol–water partition coefficient (Wildman–Crippen LogP) is 2.52. The van der Waals surface area contributed by atoms with Gasteiger partial charge in [-0.2, -0.15) is 0 Å². The van der Waals surface area contributed by atoms with Crippen LogP contribution >= 0.6 is 0 Å². The van der Waals surface area contributed by atoms with Crippen LogP contribution in [0.3, 0.4) is 0 Å². The maximum Gasteiger partial charge on any atom is 0.269 e. The lowest BCUT2D eigenvalue weighted by Crippen LogP contribution is -2.28. The molecular weight excluding hydrogens is 266 g/mol. The summed E-state index contributed by atoms with van der Waals surface area (Å²) in [6.45, 7) is 1.94. The monoisotopic (exact) mass is 281 g/mol. The summed E-state index contributed by atoms with van der Waals surface area (Å²) in [6, 6.07) is 13.4. The fourth-order valence-electron chi connectivity index (χ4n) is 2.07. The number of amides is 1. The highest BCUT2D eigenvalue weighted by Crippen LogP contribution is 2.18.